The van der Waals surface area contributed by atoms with E-state index in [1.807, 2.05) is 12.1 Å². The quantitative estimate of drug-likeness (QED) is 0.673. The van der Waals surface area contributed by atoms with Crippen LogP contribution in [0, 0.1) is 16.0 Å². The molecule has 3 heterocycles. The number of carbonyl (C=O) groups is 1. The van der Waals surface area contributed by atoms with Gasteiger partial charge in [0.2, 0.25) is 5.91 Å². The van der Waals surface area contributed by atoms with Crippen molar-refractivity contribution < 1.29 is 14.1 Å². The third-order valence-corrected chi connectivity index (χ3v) is 5.39. The van der Waals surface area contributed by atoms with Crippen LogP contribution in [0.2, 0.25) is 0 Å². The van der Waals surface area contributed by atoms with Gasteiger partial charge in [-0.25, -0.2) is 0 Å². The minimum atomic E-state index is -0.380. The molecule has 0 saturated carbocycles. The topological polar surface area (TPSA) is 88.6 Å². The third-order valence-electron chi connectivity index (χ3n) is 5.39. The number of piperidine rings is 1. The average Bonchev–Trinajstić information content (AvgIpc) is 3.18. The minimum Gasteiger partial charge on any atom is -0.467 e. The normalized spacial score (nSPS) is 21.6. The second kappa shape index (κ2) is 6.82. The Kier molecular flexibility index (Phi) is 4.36. The number of anilines is 1. The zero-order valence-corrected chi connectivity index (χ0v) is 14.4. The van der Waals surface area contributed by atoms with Crippen LogP contribution >= 0.6 is 0 Å². The molecule has 1 amide bonds. The fraction of sp³-hybridized carbons (Fsp3) is 0.421. The molecule has 2 aromatic rings. The van der Waals surface area contributed by atoms with Gasteiger partial charge in [-0.05, 0) is 49.4 Å². The number of nitro groups is 1. The molecule has 0 radical (unpaired) electrons. The lowest BCUT2D eigenvalue weighted by Crippen LogP contribution is -2.53. The molecule has 7 heteroatoms. The van der Waals surface area contributed by atoms with E-state index in [2.05, 4.69) is 10.2 Å². The smallest absolute Gasteiger partial charge is 0.269 e. The number of hydrogen-bond acceptors (Lipinski definition) is 5. The number of carbonyl (C=O) groups excluding carboxylic acids is 1. The SMILES string of the molecule is O=C(NCc1ccco1)[C@@H]1Cc2cc([N+](=O)[O-])ccc2N2CCCC[C@@H]12. The summed E-state index contributed by atoms with van der Waals surface area (Å²) in [5, 5.41) is 14.1. The molecule has 0 spiro atoms. The maximum atomic E-state index is 12.9. The number of benzene rings is 1. The van der Waals surface area contributed by atoms with Crippen LogP contribution in [0.3, 0.4) is 0 Å². The van der Waals surface area contributed by atoms with Gasteiger partial charge < -0.3 is 14.6 Å². The predicted molar refractivity (Wildman–Crippen MR) is 95.8 cm³/mol. The largest absolute Gasteiger partial charge is 0.467 e. The maximum absolute atomic E-state index is 12.9. The second-order valence-electron chi connectivity index (χ2n) is 6.93. The zero-order chi connectivity index (χ0) is 18.1. The van der Waals surface area contributed by atoms with E-state index in [0.717, 1.165) is 37.1 Å². The van der Waals surface area contributed by atoms with E-state index in [1.54, 1.807) is 24.5 Å². The van der Waals surface area contributed by atoms with E-state index in [0.29, 0.717) is 18.7 Å². The lowest BCUT2D eigenvalue weighted by Gasteiger charge is -2.45. The van der Waals surface area contributed by atoms with E-state index in [1.165, 1.54) is 0 Å². The lowest BCUT2D eigenvalue weighted by molar-refractivity contribution is -0.384. The zero-order valence-electron chi connectivity index (χ0n) is 14.4. The van der Waals surface area contributed by atoms with Gasteiger partial charge in [0.15, 0.2) is 0 Å². The van der Waals surface area contributed by atoms with Crippen LogP contribution in [0.4, 0.5) is 11.4 Å². The van der Waals surface area contributed by atoms with Crippen LogP contribution in [-0.4, -0.2) is 23.4 Å². The molecule has 4 rings (SSSR count). The fourth-order valence-electron chi connectivity index (χ4n) is 4.16. The third kappa shape index (κ3) is 3.05. The molecule has 1 aromatic carbocycles. The van der Waals surface area contributed by atoms with Crippen molar-refractivity contribution in [3.8, 4) is 0 Å². The van der Waals surface area contributed by atoms with Crippen molar-refractivity contribution in [2.75, 3.05) is 11.4 Å². The van der Waals surface area contributed by atoms with Gasteiger partial charge >= 0.3 is 0 Å². The van der Waals surface area contributed by atoms with Crippen molar-refractivity contribution in [1.82, 2.24) is 5.32 Å². The molecule has 26 heavy (non-hydrogen) atoms. The first-order valence-corrected chi connectivity index (χ1v) is 8.97. The highest BCUT2D eigenvalue weighted by Gasteiger charge is 2.39. The number of fused-ring (bicyclic) bond motifs is 3. The molecular formula is C19H21N3O4. The molecular weight excluding hydrogens is 334 g/mol. The van der Waals surface area contributed by atoms with E-state index < -0.39 is 0 Å². The van der Waals surface area contributed by atoms with Crippen molar-refractivity contribution in [2.24, 2.45) is 5.92 Å². The second-order valence-corrected chi connectivity index (χ2v) is 6.93. The molecule has 136 valence electrons. The number of amides is 1. The summed E-state index contributed by atoms with van der Waals surface area (Å²) in [6, 6.07) is 8.78. The number of nitro benzene ring substituents is 1. The van der Waals surface area contributed by atoms with Gasteiger partial charge in [-0.15, -0.1) is 0 Å². The Hall–Kier alpha value is -2.83. The van der Waals surface area contributed by atoms with Crippen LogP contribution in [0.15, 0.2) is 41.0 Å². The summed E-state index contributed by atoms with van der Waals surface area (Å²) >= 11 is 0. The van der Waals surface area contributed by atoms with Gasteiger partial charge in [0.1, 0.15) is 5.76 Å². The molecule has 0 bridgehead atoms. The molecule has 2 atom stereocenters. The van der Waals surface area contributed by atoms with Crippen molar-refractivity contribution in [3.05, 3.63) is 58.0 Å². The van der Waals surface area contributed by atoms with Gasteiger partial charge in [-0.1, -0.05) is 0 Å². The van der Waals surface area contributed by atoms with E-state index in [4.69, 9.17) is 4.42 Å². The molecule has 2 aliphatic rings. The summed E-state index contributed by atoms with van der Waals surface area (Å²) in [7, 11) is 0. The fourth-order valence-corrected chi connectivity index (χ4v) is 4.16. The Labute approximate surface area is 151 Å². The van der Waals surface area contributed by atoms with Gasteiger partial charge in [0.05, 0.1) is 23.6 Å². The van der Waals surface area contributed by atoms with Crippen molar-refractivity contribution in [1.29, 1.82) is 0 Å². The Morgan fingerprint density at radius 2 is 2.23 bits per heavy atom. The lowest BCUT2D eigenvalue weighted by atomic mass is 9.80. The predicted octanol–water partition coefficient (Wildman–Crippen LogP) is 3.04. The highest BCUT2D eigenvalue weighted by Crippen LogP contribution is 2.39. The van der Waals surface area contributed by atoms with Crippen LogP contribution in [0.1, 0.15) is 30.6 Å². The molecule has 1 fully saturated rings. The Balaban J connectivity index is 1.59. The Morgan fingerprint density at radius 3 is 3.00 bits per heavy atom. The number of non-ortho nitro benzene ring substituents is 1. The standard InChI is InChI=1S/C19H21N3O4/c23-19(20-12-15-4-3-9-26-15)16-11-13-10-14(22(24)25)6-7-17(13)21-8-2-1-5-18(16)21/h3-4,6-7,9-10,16,18H,1-2,5,8,11-12H2,(H,20,23)/t16-,18+/m1/s1. The van der Waals surface area contributed by atoms with E-state index >= 15 is 0 Å². The summed E-state index contributed by atoms with van der Waals surface area (Å²) in [6.45, 7) is 1.24. The first-order valence-electron chi connectivity index (χ1n) is 8.97. The monoisotopic (exact) mass is 355 g/mol. The molecule has 1 aromatic heterocycles. The number of furan rings is 1. The molecule has 0 unspecified atom stereocenters. The highest BCUT2D eigenvalue weighted by molar-refractivity contribution is 5.82. The van der Waals surface area contributed by atoms with Crippen molar-refractivity contribution in [3.63, 3.8) is 0 Å². The Bertz CT molecular complexity index is 818. The summed E-state index contributed by atoms with van der Waals surface area (Å²) in [4.78, 5) is 25.9. The molecule has 7 nitrogen and oxygen atoms in total. The van der Waals surface area contributed by atoms with Gasteiger partial charge in [0, 0.05) is 30.4 Å². The summed E-state index contributed by atoms with van der Waals surface area (Å²) in [5.41, 5.74) is 2.00. The van der Waals surface area contributed by atoms with E-state index in [-0.39, 0.29) is 28.5 Å². The minimum absolute atomic E-state index is 0.0181. The van der Waals surface area contributed by atoms with Gasteiger partial charge in [0.25, 0.3) is 5.69 Å². The van der Waals surface area contributed by atoms with E-state index in [9.17, 15) is 14.9 Å². The average molecular weight is 355 g/mol. The molecule has 2 aliphatic heterocycles. The number of rotatable bonds is 4. The highest BCUT2D eigenvalue weighted by atomic mass is 16.6. The van der Waals surface area contributed by atoms with Crippen LogP contribution in [-0.2, 0) is 17.8 Å². The van der Waals surface area contributed by atoms with Crippen molar-refractivity contribution in [2.45, 2.75) is 38.3 Å². The molecule has 1 N–H and O–H groups in total. The summed E-state index contributed by atoms with van der Waals surface area (Å²) in [5.74, 6) is 0.487. The molecule has 0 aliphatic carbocycles. The van der Waals surface area contributed by atoms with Crippen molar-refractivity contribution >= 4 is 17.3 Å². The summed E-state index contributed by atoms with van der Waals surface area (Å²) < 4.78 is 5.28. The maximum Gasteiger partial charge on any atom is 0.269 e. The number of nitrogens with zero attached hydrogens (tertiary/aromatic N) is 2. The number of nitrogens with one attached hydrogen (secondary N) is 1. The van der Waals surface area contributed by atoms with Crippen LogP contribution in [0.25, 0.3) is 0 Å². The van der Waals surface area contributed by atoms with Crippen LogP contribution in [0.5, 0.6) is 0 Å². The van der Waals surface area contributed by atoms with Gasteiger partial charge in [-0.3, -0.25) is 14.9 Å². The first-order chi connectivity index (χ1) is 12.6. The molecule has 1 saturated heterocycles. The first kappa shape index (κ1) is 16.6. The van der Waals surface area contributed by atoms with Gasteiger partial charge in [-0.2, -0.15) is 0 Å². The summed E-state index contributed by atoms with van der Waals surface area (Å²) in [6.07, 6.45) is 5.26. The Morgan fingerprint density at radius 1 is 1.35 bits per heavy atom. The van der Waals surface area contributed by atoms with Crippen LogP contribution < -0.4 is 10.2 Å². The number of hydrogen-bond donors (Lipinski definition) is 1.